The van der Waals surface area contributed by atoms with Gasteiger partial charge in [-0.15, -0.1) is 0 Å². The number of halogens is 2. The molecule has 156 valence electrons. The molecule has 6 nitrogen and oxygen atoms in total. The largest absolute Gasteiger partial charge is 0.465 e. The van der Waals surface area contributed by atoms with Gasteiger partial charge in [0.05, 0.1) is 25.3 Å². The first-order chi connectivity index (χ1) is 14.9. The minimum Gasteiger partial charge on any atom is -0.465 e. The number of carbonyl (C=O) groups excluding carboxylic acids is 3. The molecule has 2 aromatic heterocycles. The maximum Gasteiger partial charge on any atom is 0.341 e. The van der Waals surface area contributed by atoms with E-state index >= 15 is 0 Å². The lowest BCUT2D eigenvalue weighted by atomic mass is 10.0. The minimum atomic E-state index is -0.805. The number of esters is 2. The highest BCUT2D eigenvalue weighted by atomic mass is 79.9. The second-order valence-electron chi connectivity index (χ2n) is 6.65. The van der Waals surface area contributed by atoms with Crippen molar-refractivity contribution in [3.8, 4) is 0 Å². The zero-order valence-corrected chi connectivity index (χ0v) is 19.6. The van der Waals surface area contributed by atoms with Gasteiger partial charge in [-0.1, -0.05) is 34.1 Å². The smallest absolute Gasteiger partial charge is 0.341 e. The third kappa shape index (κ3) is 3.45. The van der Waals surface area contributed by atoms with Crippen LogP contribution in [0.15, 0.2) is 63.5 Å². The summed E-state index contributed by atoms with van der Waals surface area (Å²) in [5.74, 6) is -1.98. The molecule has 0 unspecified atom stereocenters. The van der Waals surface area contributed by atoms with E-state index in [-0.39, 0.29) is 16.8 Å². The van der Waals surface area contributed by atoms with E-state index in [0.717, 1.165) is 9.86 Å². The molecule has 2 aromatic carbocycles. The molecule has 0 spiro atoms. The highest BCUT2D eigenvalue weighted by Crippen LogP contribution is 2.36. The Balaban J connectivity index is 2.24. The van der Waals surface area contributed by atoms with E-state index in [1.807, 2.05) is 30.3 Å². The lowest BCUT2D eigenvalue weighted by Gasteiger charge is -2.10. The molecule has 2 heterocycles. The Morgan fingerprint density at radius 1 is 0.839 bits per heavy atom. The highest BCUT2D eigenvalue weighted by molar-refractivity contribution is 9.11. The van der Waals surface area contributed by atoms with Crippen LogP contribution >= 0.6 is 31.9 Å². The van der Waals surface area contributed by atoms with Crippen molar-refractivity contribution >= 4 is 66.0 Å². The summed E-state index contributed by atoms with van der Waals surface area (Å²) in [4.78, 5) is 39.3. The normalized spacial score (nSPS) is 11.0. The second-order valence-corrected chi connectivity index (χ2v) is 8.42. The predicted octanol–water partition coefficient (Wildman–Crippen LogP) is 5.42. The number of ether oxygens (including phenoxy) is 2. The molecule has 0 saturated heterocycles. The summed E-state index contributed by atoms with van der Waals surface area (Å²) in [6, 6.07) is 16.0. The molecule has 4 aromatic rings. The molecule has 0 fully saturated rings. The molecule has 0 aliphatic rings. The topological polar surface area (TPSA) is 74.1 Å². The molecule has 0 saturated carbocycles. The van der Waals surface area contributed by atoms with Crippen LogP contribution in [-0.4, -0.2) is 36.3 Å². The lowest BCUT2D eigenvalue weighted by molar-refractivity contribution is 0.0556. The van der Waals surface area contributed by atoms with Crippen LogP contribution in [0.1, 0.15) is 36.8 Å². The predicted molar refractivity (Wildman–Crippen MR) is 123 cm³/mol. The Morgan fingerprint density at radius 2 is 1.45 bits per heavy atom. The molecular weight excluding hydrogens is 530 g/mol. The fraction of sp³-hybridized carbons (Fsp3) is 0.0870. The van der Waals surface area contributed by atoms with E-state index in [1.54, 1.807) is 28.7 Å². The van der Waals surface area contributed by atoms with Crippen LogP contribution in [0.4, 0.5) is 0 Å². The van der Waals surface area contributed by atoms with Crippen molar-refractivity contribution in [2.45, 2.75) is 0 Å². The van der Waals surface area contributed by atoms with Gasteiger partial charge in [-0.3, -0.25) is 4.79 Å². The first-order valence-corrected chi connectivity index (χ1v) is 10.7. The van der Waals surface area contributed by atoms with Crippen molar-refractivity contribution in [1.82, 2.24) is 4.40 Å². The quantitative estimate of drug-likeness (QED) is 0.253. The Kier molecular flexibility index (Phi) is 5.68. The maximum atomic E-state index is 13.7. The van der Waals surface area contributed by atoms with E-state index in [0.29, 0.717) is 21.1 Å². The van der Waals surface area contributed by atoms with Gasteiger partial charge in [-0.25, -0.2) is 9.59 Å². The minimum absolute atomic E-state index is 0.0297. The number of fused-ring (bicyclic) bond motifs is 3. The van der Waals surface area contributed by atoms with Crippen molar-refractivity contribution in [1.29, 1.82) is 0 Å². The summed E-state index contributed by atoms with van der Waals surface area (Å²) < 4.78 is 12.9. The number of aromatic nitrogens is 1. The molecule has 0 amide bonds. The van der Waals surface area contributed by atoms with Gasteiger partial charge in [0.2, 0.25) is 5.78 Å². The monoisotopic (exact) mass is 543 g/mol. The number of benzene rings is 2. The van der Waals surface area contributed by atoms with Crippen LogP contribution < -0.4 is 0 Å². The summed E-state index contributed by atoms with van der Waals surface area (Å²) in [6.07, 6.45) is 0. The number of rotatable bonds is 4. The molecule has 0 atom stereocenters. The highest BCUT2D eigenvalue weighted by Gasteiger charge is 2.34. The van der Waals surface area contributed by atoms with E-state index < -0.39 is 17.7 Å². The molecule has 0 bridgehead atoms. The van der Waals surface area contributed by atoms with Crippen LogP contribution in [0.2, 0.25) is 0 Å². The number of para-hydroxylation sites is 1. The van der Waals surface area contributed by atoms with Gasteiger partial charge in [0.25, 0.3) is 0 Å². The summed E-state index contributed by atoms with van der Waals surface area (Å²) in [5.41, 5.74) is 1.22. The van der Waals surface area contributed by atoms with E-state index in [9.17, 15) is 14.4 Å². The zero-order valence-electron chi connectivity index (χ0n) is 16.4. The van der Waals surface area contributed by atoms with Gasteiger partial charge in [0.15, 0.2) is 0 Å². The van der Waals surface area contributed by atoms with Gasteiger partial charge < -0.3 is 13.9 Å². The Labute approximate surface area is 194 Å². The summed E-state index contributed by atoms with van der Waals surface area (Å²) in [5, 5.41) is 0.814. The van der Waals surface area contributed by atoms with Crippen LogP contribution in [-0.2, 0) is 9.47 Å². The Bertz CT molecular complexity index is 1370. The van der Waals surface area contributed by atoms with Crippen LogP contribution in [0.25, 0.3) is 16.4 Å². The number of hydrogen-bond donors (Lipinski definition) is 0. The van der Waals surface area contributed by atoms with E-state index in [1.165, 1.54) is 14.2 Å². The standard InChI is InChI=1S/C23H15Br2NO5/c1-30-22(28)17-18(23(29)31-2)20(21(27)12-7-9-14(24)10-8-12)26-16-6-4-3-5-13(16)11-15(25)19(17)26/h3-11H,1-2H3. The van der Waals surface area contributed by atoms with Crippen molar-refractivity contribution in [3.63, 3.8) is 0 Å². The number of nitrogens with zero attached hydrogens (tertiary/aromatic N) is 1. The van der Waals surface area contributed by atoms with Crippen molar-refractivity contribution in [2.75, 3.05) is 14.2 Å². The molecule has 0 aliphatic carbocycles. The first kappa shape index (κ1) is 21.3. The molecule has 4 rings (SSSR count). The average molecular weight is 545 g/mol. The van der Waals surface area contributed by atoms with E-state index in [4.69, 9.17) is 9.47 Å². The number of methoxy groups -OCH3 is 2. The third-order valence-electron chi connectivity index (χ3n) is 4.96. The molecular formula is C23H15Br2NO5. The number of pyridine rings is 1. The zero-order chi connectivity index (χ0) is 22.3. The SMILES string of the molecule is COC(=O)c1c(C(=O)OC)c2c(Br)cc3ccccc3n2c1C(=O)c1ccc(Br)cc1. The summed E-state index contributed by atoms with van der Waals surface area (Å²) in [6.45, 7) is 0. The average Bonchev–Trinajstić information content (AvgIpc) is 3.15. The number of hydrogen-bond acceptors (Lipinski definition) is 5. The fourth-order valence-electron chi connectivity index (χ4n) is 3.61. The lowest BCUT2D eigenvalue weighted by Crippen LogP contribution is -2.15. The van der Waals surface area contributed by atoms with Crippen LogP contribution in [0.3, 0.4) is 0 Å². The first-order valence-electron chi connectivity index (χ1n) is 9.11. The molecule has 31 heavy (non-hydrogen) atoms. The fourth-order valence-corrected chi connectivity index (χ4v) is 4.50. The number of ketones is 1. The van der Waals surface area contributed by atoms with E-state index in [2.05, 4.69) is 31.9 Å². The Morgan fingerprint density at radius 3 is 2.10 bits per heavy atom. The number of carbonyl (C=O) groups is 3. The third-order valence-corrected chi connectivity index (χ3v) is 6.09. The van der Waals surface area contributed by atoms with Crippen molar-refractivity contribution < 1.29 is 23.9 Å². The van der Waals surface area contributed by atoms with Crippen molar-refractivity contribution in [2.24, 2.45) is 0 Å². The van der Waals surface area contributed by atoms with Gasteiger partial charge in [0.1, 0.15) is 16.8 Å². The molecule has 0 aliphatic heterocycles. The van der Waals surface area contributed by atoms with Gasteiger partial charge in [-0.2, -0.15) is 0 Å². The van der Waals surface area contributed by atoms with Crippen molar-refractivity contribution in [3.05, 3.63) is 85.9 Å². The van der Waals surface area contributed by atoms with Gasteiger partial charge in [0, 0.05) is 14.5 Å². The van der Waals surface area contributed by atoms with Crippen LogP contribution in [0.5, 0.6) is 0 Å². The molecule has 0 N–H and O–H groups in total. The second kappa shape index (κ2) is 8.28. The van der Waals surface area contributed by atoms with Gasteiger partial charge in [-0.05, 0) is 57.7 Å². The summed E-state index contributed by atoms with van der Waals surface area (Å²) >= 11 is 6.86. The Hall–Kier alpha value is -2.97. The van der Waals surface area contributed by atoms with Crippen LogP contribution in [0, 0.1) is 0 Å². The molecule has 0 radical (unpaired) electrons. The van der Waals surface area contributed by atoms with Gasteiger partial charge >= 0.3 is 11.9 Å². The molecule has 8 heteroatoms. The maximum absolute atomic E-state index is 13.7. The summed E-state index contributed by atoms with van der Waals surface area (Å²) in [7, 11) is 2.42.